The molecule has 0 aliphatic rings. The summed E-state index contributed by atoms with van der Waals surface area (Å²) >= 11 is 0. The van der Waals surface area contributed by atoms with Crippen LogP contribution < -0.4 is 0 Å². The Kier molecular flexibility index (Phi) is 6.75. The third-order valence-corrected chi connectivity index (χ3v) is 2.71. The largest absolute Gasteiger partial charge is 0.395 e. The van der Waals surface area contributed by atoms with Crippen LogP contribution in [-0.2, 0) is 0 Å². The average molecular weight is 274 g/mol. The third kappa shape index (κ3) is 5.02. The lowest BCUT2D eigenvalue weighted by molar-refractivity contribution is 0.0740. The molecule has 1 aromatic heterocycles. The predicted molar refractivity (Wildman–Crippen MR) is 79.2 cm³/mol. The Bertz CT molecular complexity index is 483. The fraction of sp³-hybridized carbons (Fsp3) is 0.500. The predicted octanol–water partition coefficient (Wildman–Crippen LogP) is 1.93. The maximum Gasteiger partial charge on any atom is 0.272 e. The van der Waals surface area contributed by atoms with Crippen LogP contribution in [0.5, 0.6) is 0 Å². The average Bonchev–Trinajstić information content (AvgIpc) is 2.45. The van der Waals surface area contributed by atoms with Crippen LogP contribution in [0.3, 0.4) is 0 Å². The van der Waals surface area contributed by atoms with Gasteiger partial charge in [-0.2, -0.15) is 0 Å². The van der Waals surface area contributed by atoms with Crippen LogP contribution in [0, 0.1) is 17.8 Å². The summed E-state index contributed by atoms with van der Waals surface area (Å²) in [7, 11) is 0. The molecule has 0 saturated carbocycles. The van der Waals surface area contributed by atoms with E-state index >= 15 is 0 Å². The molecule has 108 valence electrons. The van der Waals surface area contributed by atoms with E-state index in [0.717, 1.165) is 12.1 Å². The zero-order valence-electron chi connectivity index (χ0n) is 12.4. The van der Waals surface area contributed by atoms with Crippen LogP contribution in [0.2, 0.25) is 0 Å². The van der Waals surface area contributed by atoms with E-state index in [0.29, 0.717) is 24.6 Å². The first-order chi connectivity index (χ1) is 9.58. The number of amides is 1. The van der Waals surface area contributed by atoms with Crippen molar-refractivity contribution in [2.45, 2.75) is 27.2 Å². The van der Waals surface area contributed by atoms with Gasteiger partial charge in [-0.05, 0) is 25.0 Å². The first kappa shape index (κ1) is 16.2. The molecule has 0 spiro atoms. The van der Waals surface area contributed by atoms with Crippen molar-refractivity contribution >= 4 is 5.91 Å². The molecule has 0 aliphatic heterocycles. The van der Waals surface area contributed by atoms with E-state index in [2.05, 4.69) is 30.7 Å². The number of pyridine rings is 1. The molecular weight excluding hydrogens is 252 g/mol. The van der Waals surface area contributed by atoms with Gasteiger partial charge in [0.15, 0.2) is 0 Å². The van der Waals surface area contributed by atoms with Crippen molar-refractivity contribution in [2.75, 3.05) is 19.7 Å². The van der Waals surface area contributed by atoms with E-state index in [4.69, 9.17) is 5.11 Å². The van der Waals surface area contributed by atoms with Gasteiger partial charge in [-0.25, -0.2) is 4.98 Å². The van der Waals surface area contributed by atoms with Crippen molar-refractivity contribution in [2.24, 2.45) is 5.92 Å². The van der Waals surface area contributed by atoms with Crippen LogP contribution in [-0.4, -0.2) is 40.6 Å². The monoisotopic (exact) mass is 274 g/mol. The van der Waals surface area contributed by atoms with Gasteiger partial charge in [0.25, 0.3) is 5.91 Å². The van der Waals surface area contributed by atoms with Crippen molar-refractivity contribution in [1.82, 2.24) is 9.88 Å². The molecule has 0 radical (unpaired) electrons. The Labute approximate surface area is 120 Å². The fourth-order valence-electron chi connectivity index (χ4n) is 1.77. The second-order valence-corrected chi connectivity index (χ2v) is 4.95. The van der Waals surface area contributed by atoms with E-state index in [9.17, 15) is 4.79 Å². The minimum atomic E-state index is -0.0453. The Morgan fingerprint density at radius 1 is 1.45 bits per heavy atom. The summed E-state index contributed by atoms with van der Waals surface area (Å²) in [5, 5.41) is 8.65. The lowest BCUT2D eigenvalue weighted by Crippen LogP contribution is -2.34. The normalized spacial score (nSPS) is 10.1. The van der Waals surface area contributed by atoms with Crippen molar-refractivity contribution < 1.29 is 9.90 Å². The summed E-state index contributed by atoms with van der Waals surface area (Å²) in [5.74, 6) is 6.10. The molecule has 4 nitrogen and oxygen atoms in total. The SMILES string of the molecule is CCN(CC(C)C)C(=O)c1ccc(C#CCCO)cn1. The van der Waals surface area contributed by atoms with E-state index in [-0.39, 0.29) is 12.5 Å². The number of aromatic nitrogens is 1. The Morgan fingerprint density at radius 2 is 2.20 bits per heavy atom. The standard InChI is InChI=1S/C16H22N2O2/c1-4-18(12-13(2)3)16(20)15-9-8-14(11-17-15)7-5-6-10-19/h8-9,11,13,19H,4,6,10,12H2,1-3H3. The smallest absolute Gasteiger partial charge is 0.272 e. The summed E-state index contributed by atoms with van der Waals surface area (Å²) in [6, 6.07) is 3.49. The molecule has 0 saturated heterocycles. The molecule has 1 aromatic rings. The van der Waals surface area contributed by atoms with Gasteiger partial charge in [-0.3, -0.25) is 4.79 Å². The summed E-state index contributed by atoms with van der Waals surface area (Å²) < 4.78 is 0. The van der Waals surface area contributed by atoms with Gasteiger partial charge >= 0.3 is 0 Å². The molecule has 0 fully saturated rings. The van der Waals surface area contributed by atoms with Crippen LogP contribution in [0.25, 0.3) is 0 Å². The number of carbonyl (C=O) groups excluding carboxylic acids is 1. The van der Waals surface area contributed by atoms with Crippen LogP contribution in [0.15, 0.2) is 18.3 Å². The first-order valence-corrected chi connectivity index (χ1v) is 6.93. The van der Waals surface area contributed by atoms with Crippen LogP contribution >= 0.6 is 0 Å². The van der Waals surface area contributed by atoms with Crippen molar-refractivity contribution in [3.05, 3.63) is 29.6 Å². The summed E-state index contributed by atoms with van der Waals surface area (Å²) in [6.07, 6.45) is 2.04. The molecular formula is C16H22N2O2. The van der Waals surface area contributed by atoms with Crippen molar-refractivity contribution in [3.8, 4) is 11.8 Å². The van der Waals surface area contributed by atoms with Gasteiger partial charge in [0.1, 0.15) is 5.69 Å². The summed E-state index contributed by atoms with van der Waals surface area (Å²) in [6.45, 7) is 7.60. The highest BCUT2D eigenvalue weighted by atomic mass is 16.2. The van der Waals surface area contributed by atoms with Gasteiger partial charge in [0.05, 0.1) is 6.61 Å². The fourth-order valence-corrected chi connectivity index (χ4v) is 1.77. The molecule has 1 amide bonds. The molecule has 1 rings (SSSR count). The molecule has 0 aromatic carbocycles. The second kappa shape index (κ2) is 8.34. The lowest BCUT2D eigenvalue weighted by atomic mass is 10.2. The van der Waals surface area contributed by atoms with E-state index < -0.39 is 0 Å². The molecule has 0 atom stereocenters. The van der Waals surface area contributed by atoms with Crippen LogP contribution in [0.1, 0.15) is 43.2 Å². The summed E-state index contributed by atoms with van der Waals surface area (Å²) in [4.78, 5) is 18.3. The Hall–Kier alpha value is -1.86. The minimum absolute atomic E-state index is 0.0453. The van der Waals surface area contributed by atoms with Gasteiger partial charge in [-0.1, -0.05) is 25.7 Å². The number of hydrogen-bond donors (Lipinski definition) is 1. The lowest BCUT2D eigenvalue weighted by Gasteiger charge is -2.22. The number of hydrogen-bond acceptors (Lipinski definition) is 3. The number of aliphatic hydroxyl groups excluding tert-OH is 1. The second-order valence-electron chi connectivity index (χ2n) is 4.95. The minimum Gasteiger partial charge on any atom is -0.395 e. The zero-order chi connectivity index (χ0) is 15.0. The van der Waals surface area contributed by atoms with Crippen LogP contribution in [0.4, 0.5) is 0 Å². The third-order valence-electron chi connectivity index (χ3n) is 2.71. The highest BCUT2D eigenvalue weighted by Gasteiger charge is 2.16. The van der Waals surface area contributed by atoms with Gasteiger partial charge in [0, 0.05) is 31.3 Å². The Balaban J connectivity index is 2.77. The van der Waals surface area contributed by atoms with Crippen molar-refractivity contribution in [3.63, 3.8) is 0 Å². The molecule has 0 aliphatic carbocycles. The molecule has 4 heteroatoms. The van der Waals surface area contributed by atoms with E-state index in [1.165, 1.54) is 0 Å². The van der Waals surface area contributed by atoms with Gasteiger partial charge in [-0.15, -0.1) is 0 Å². The van der Waals surface area contributed by atoms with Gasteiger partial charge < -0.3 is 10.0 Å². The van der Waals surface area contributed by atoms with E-state index in [1.807, 2.05) is 6.92 Å². The Morgan fingerprint density at radius 3 is 2.70 bits per heavy atom. The molecule has 1 heterocycles. The number of aliphatic hydroxyl groups is 1. The first-order valence-electron chi connectivity index (χ1n) is 6.93. The molecule has 0 unspecified atom stereocenters. The highest BCUT2D eigenvalue weighted by molar-refractivity contribution is 5.92. The van der Waals surface area contributed by atoms with Gasteiger partial charge in [0.2, 0.25) is 0 Å². The number of rotatable bonds is 5. The zero-order valence-corrected chi connectivity index (χ0v) is 12.4. The van der Waals surface area contributed by atoms with E-state index in [1.54, 1.807) is 23.2 Å². The maximum atomic E-state index is 12.3. The number of carbonyl (C=O) groups is 1. The maximum absolute atomic E-state index is 12.3. The van der Waals surface area contributed by atoms with Crippen molar-refractivity contribution in [1.29, 1.82) is 0 Å². The topological polar surface area (TPSA) is 53.4 Å². The quantitative estimate of drug-likeness (QED) is 0.835. The highest BCUT2D eigenvalue weighted by Crippen LogP contribution is 2.06. The molecule has 1 N–H and O–H groups in total. The number of nitrogens with zero attached hydrogens (tertiary/aromatic N) is 2. The molecule has 0 bridgehead atoms. The molecule has 20 heavy (non-hydrogen) atoms. The summed E-state index contributed by atoms with van der Waals surface area (Å²) in [5.41, 5.74) is 1.20.